The molecule has 0 saturated carbocycles. The Bertz CT molecular complexity index is 4040. The van der Waals surface area contributed by atoms with Gasteiger partial charge in [0.2, 0.25) is 0 Å². The molecule has 4 aromatic carbocycles. The van der Waals surface area contributed by atoms with Gasteiger partial charge in [-0.1, -0.05) is 78.4 Å². The van der Waals surface area contributed by atoms with E-state index in [1.165, 1.54) is 68.8 Å². The number of benzene rings is 4. The van der Waals surface area contributed by atoms with Gasteiger partial charge in [-0.25, -0.2) is 36.2 Å². The lowest BCUT2D eigenvalue weighted by Gasteiger charge is -2.27. The molecular formula is C73H71F7N4O8. The number of amides is 1. The number of nitrogens with one attached hydrogen (secondary N) is 1. The van der Waals surface area contributed by atoms with Crippen LogP contribution in [0, 0.1) is 89.2 Å². The van der Waals surface area contributed by atoms with E-state index in [9.17, 15) is 60.2 Å². The summed E-state index contributed by atoms with van der Waals surface area (Å²) in [5.74, 6) is -5.19. The summed E-state index contributed by atoms with van der Waals surface area (Å²) >= 11 is 0. The number of allylic oxidation sites excluding steroid dienone is 4. The summed E-state index contributed by atoms with van der Waals surface area (Å²) in [7, 11) is 2.69. The van der Waals surface area contributed by atoms with E-state index in [-0.39, 0.29) is 17.6 Å². The fourth-order valence-corrected chi connectivity index (χ4v) is 12.8. The molecule has 0 bridgehead atoms. The van der Waals surface area contributed by atoms with Gasteiger partial charge in [-0.15, -0.1) is 0 Å². The number of aliphatic carboxylic acids is 1. The number of carboxylic acids is 1. The van der Waals surface area contributed by atoms with Crippen molar-refractivity contribution in [2.75, 3.05) is 14.2 Å². The van der Waals surface area contributed by atoms with Gasteiger partial charge in [-0.05, 0) is 227 Å². The summed E-state index contributed by atoms with van der Waals surface area (Å²) in [5.41, 5.74) is 7.18. The molecule has 19 heteroatoms. The zero-order valence-corrected chi connectivity index (χ0v) is 52.7. The van der Waals surface area contributed by atoms with Gasteiger partial charge in [0.05, 0.1) is 36.7 Å². The van der Waals surface area contributed by atoms with Gasteiger partial charge >= 0.3 is 17.9 Å². The largest absolute Gasteiger partial charge is 0.480 e. The van der Waals surface area contributed by atoms with Crippen molar-refractivity contribution in [1.82, 2.24) is 20.4 Å². The number of methoxy groups -OCH3 is 2. The lowest BCUT2D eigenvalue weighted by atomic mass is 9.77. The number of aryl methyl sites for hydroxylation is 3. The van der Waals surface area contributed by atoms with Crippen LogP contribution in [0.5, 0.6) is 0 Å². The number of pyridine rings is 3. The Labute approximate surface area is 529 Å². The number of carbonyl (C=O) groups excluding carboxylic acids is 3. The molecule has 0 fully saturated rings. The molecule has 0 aliphatic heterocycles. The first kappa shape index (κ1) is 68.5. The van der Waals surface area contributed by atoms with E-state index in [2.05, 4.69) is 15.0 Å². The molecule has 0 spiro atoms. The van der Waals surface area contributed by atoms with Crippen LogP contribution >= 0.6 is 0 Å². The van der Waals surface area contributed by atoms with Gasteiger partial charge in [0.15, 0.2) is 0 Å². The number of nitrogens with zero attached hydrogens (tertiary/aromatic N) is 3. The molecule has 1 amide bonds. The highest BCUT2D eigenvalue weighted by Crippen LogP contribution is 2.48. The van der Waals surface area contributed by atoms with Crippen LogP contribution < -0.4 is 5.48 Å². The van der Waals surface area contributed by atoms with Crippen molar-refractivity contribution in [2.24, 2.45) is 0 Å². The maximum absolute atomic E-state index is 14.1. The van der Waals surface area contributed by atoms with E-state index in [0.717, 1.165) is 23.1 Å². The molecule has 4 aliphatic rings. The standard InChI is InChI=1S/C20H19F2NO2.C19H18F2N2O2.C19H17F2NO2.C15H17FO2/c1-12-16(5-4-6-17(12)21)20(19(24)25-3)8-7-14(10-20)15-9-18(22)13(2)23-11-15;1-11-15(4-3-5-16(11)20)19(18(24)23-25)7-6-13(9-19)14-8-17(21)12(2)22-10-14;1-11-15(4-3-5-16(11)20)19(18(23)24)7-6-13(9-19)14-8-17(21)12(2)22-10-14;1-10-7-8-15(9-10,14(17)18-3)12-5-4-6-13(16)11(12)2/h4-6,9-11H,7-8H2,1-3H3;3-5,8-10,25H,6-7H2,1-2H3,(H,23,24);3-5,8-10H,6-7H2,1-2H3,(H,23,24);4-6,9H,7-8H2,1-3H3/t20-;2*19-;15-/m0000/s1. The number of hydrogen-bond acceptors (Lipinski definition) is 10. The van der Waals surface area contributed by atoms with E-state index in [4.69, 9.17) is 9.47 Å². The molecule has 0 saturated heterocycles. The third-order valence-corrected chi connectivity index (χ3v) is 18.2. The van der Waals surface area contributed by atoms with Crippen molar-refractivity contribution in [2.45, 2.75) is 128 Å². The van der Waals surface area contributed by atoms with Crippen LogP contribution in [-0.2, 0) is 50.3 Å². The Kier molecular flexibility index (Phi) is 20.9. The summed E-state index contributed by atoms with van der Waals surface area (Å²) in [4.78, 5) is 61.3. The molecule has 4 aliphatic carbocycles. The number of carboxylic acid groups (broad SMARTS) is 1. The third kappa shape index (κ3) is 13.4. The van der Waals surface area contributed by atoms with Gasteiger partial charge in [-0.2, -0.15) is 0 Å². The van der Waals surface area contributed by atoms with E-state index in [0.29, 0.717) is 129 Å². The SMILES string of the molecule is COC(=O)[C@]1(c2cccc(F)c2C)C=C(C)CC1.COC(=O)[C@]1(c2cccc(F)c2C)C=C(c2cnc(C)c(F)c2)CC1.Cc1ncc(C2=C[C@](C(=O)NO)(c3cccc(F)c3C)CC2)cc1F.Cc1ncc(C2=C[C@](C(=O)O)(c3cccc(F)c3C)CC2)cc1F. The quantitative estimate of drug-likeness (QED) is 0.0369. The van der Waals surface area contributed by atoms with Crippen molar-refractivity contribution in [3.63, 3.8) is 0 Å². The first-order valence-corrected chi connectivity index (χ1v) is 29.7. The van der Waals surface area contributed by atoms with E-state index in [1.54, 1.807) is 121 Å². The smallest absolute Gasteiger partial charge is 0.320 e. The van der Waals surface area contributed by atoms with Crippen molar-refractivity contribution >= 4 is 40.5 Å². The number of halogens is 7. The summed E-state index contributed by atoms with van der Waals surface area (Å²) < 4.78 is 107. The minimum Gasteiger partial charge on any atom is -0.480 e. The number of hydroxylamine groups is 1. The molecule has 3 N–H and O–H groups in total. The molecule has 4 atom stereocenters. The number of carbonyl (C=O) groups is 4. The molecule has 92 heavy (non-hydrogen) atoms. The highest BCUT2D eigenvalue weighted by molar-refractivity contribution is 5.95. The minimum atomic E-state index is -1.30. The molecule has 0 radical (unpaired) electrons. The molecule has 480 valence electrons. The van der Waals surface area contributed by atoms with Gasteiger partial charge in [0.1, 0.15) is 57.0 Å². The number of hydrogen-bond donors (Lipinski definition) is 3. The van der Waals surface area contributed by atoms with Gasteiger partial charge < -0.3 is 14.6 Å². The fourth-order valence-electron chi connectivity index (χ4n) is 12.8. The maximum Gasteiger partial charge on any atom is 0.320 e. The van der Waals surface area contributed by atoms with Crippen LogP contribution in [-0.4, -0.2) is 63.3 Å². The lowest BCUT2D eigenvalue weighted by Crippen LogP contribution is -2.41. The van der Waals surface area contributed by atoms with Gasteiger partial charge in [0.25, 0.3) is 5.91 Å². The minimum absolute atomic E-state index is 0.284. The molecule has 12 nitrogen and oxygen atoms in total. The first-order valence-electron chi connectivity index (χ1n) is 29.7. The third-order valence-electron chi connectivity index (χ3n) is 18.2. The highest BCUT2D eigenvalue weighted by atomic mass is 19.2. The van der Waals surface area contributed by atoms with Crippen LogP contribution in [0.1, 0.15) is 137 Å². The molecule has 7 aromatic rings. The Morgan fingerprint density at radius 2 is 0.717 bits per heavy atom. The van der Waals surface area contributed by atoms with Crippen molar-refractivity contribution in [3.8, 4) is 0 Å². The molecule has 11 rings (SSSR count). The van der Waals surface area contributed by atoms with E-state index >= 15 is 0 Å². The Balaban J connectivity index is 0.000000159. The van der Waals surface area contributed by atoms with Crippen LogP contribution in [0.15, 0.2) is 139 Å². The summed E-state index contributed by atoms with van der Waals surface area (Å²) in [6, 6.07) is 22.7. The second kappa shape index (κ2) is 28.0. The molecular weight excluding hydrogens is 1190 g/mol. The predicted molar refractivity (Wildman–Crippen MR) is 334 cm³/mol. The predicted octanol–water partition coefficient (Wildman–Crippen LogP) is 15.3. The van der Waals surface area contributed by atoms with Crippen LogP contribution in [0.3, 0.4) is 0 Å². The van der Waals surface area contributed by atoms with E-state index in [1.807, 2.05) is 19.1 Å². The zero-order valence-electron chi connectivity index (χ0n) is 52.7. The Morgan fingerprint density at radius 1 is 0.424 bits per heavy atom. The fraction of sp³-hybridized carbons (Fsp3) is 0.301. The molecule has 3 heterocycles. The summed E-state index contributed by atoms with van der Waals surface area (Å²) in [5, 5.41) is 19.1. The first-order chi connectivity index (χ1) is 43.6. The summed E-state index contributed by atoms with van der Waals surface area (Å²) in [6.45, 7) is 13.2. The Hall–Kier alpha value is -9.36. The monoisotopic (exact) mass is 1260 g/mol. The average Bonchev–Trinajstić information content (AvgIpc) is 1.60. The van der Waals surface area contributed by atoms with Gasteiger partial charge in [-0.3, -0.25) is 39.3 Å². The number of rotatable bonds is 11. The molecule has 0 unspecified atom stereocenters. The second-order valence-electron chi connectivity index (χ2n) is 23.6. The van der Waals surface area contributed by atoms with Crippen molar-refractivity contribution < 1.29 is 69.7 Å². The summed E-state index contributed by atoms with van der Waals surface area (Å²) in [6.07, 6.45) is 15.7. The average molecular weight is 1270 g/mol. The number of aromatic nitrogens is 3. The highest BCUT2D eigenvalue weighted by Gasteiger charge is 2.47. The number of esters is 2. The lowest BCUT2D eigenvalue weighted by molar-refractivity contribution is -0.146. The van der Waals surface area contributed by atoms with Crippen LogP contribution in [0.2, 0.25) is 0 Å². The van der Waals surface area contributed by atoms with E-state index < -0.39 is 68.6 Å². The topological polar surface area (TPSA) is 178 Å². The van der Waals surface area contributed by atoms with Crippen LogP contribution in [0.25, 0.3) is 16.7 Å². The normalized spacial score (nSPS) is 20.4. The van der Waals surface area contributed by atoms with Gasteiger partial charge in [0, 0.05) is 18.6 Å². The molecule has 3 aromatic heterocycles. The number of ether oxygens (including phenoxy) is 2. The second-order valence-corrected chi connectivity index (χ2v) is 23.6. The van der Waals surface area contributed by atoms with Crippen molar-refractivity contribution in [1.29, 1.82) is 0 Å². The maximum atomic E-state index is 14.1. The van der Waals surface area contributed by atoms with Crippen molar-refractivity contribution in [3.05, 3.63) is 258 Å². The van der Waals surface area contributed by atoms with Crippen LogP contribution in [0.4, 0.5) is 30.7 Å². The zero-order chi connectivity index (χ0) is 67.2. The Morgan fingerprint density at radius 3 is 1.03 bits per heavy atom.